The molecule has 6 heteroatoms. The van der Waals surface area contributed by atoms with E-state index in [-0.39, 0.29) is 15.5 Å². The van der Waals surface area contributed by atoms with Crippen LogP contribution < -0.4 is 0 Å². The lowest BCUT2D eigenvalue weighted by atomic mass is 10.2. The summed E-state index contributed by atoms with van der Waals surface area (Å²) in [6.07, 6.45) is 0. The molecule has 2 aromatic rings. The Hall–Kier alpha value is -2.21. The first-order valence-electron chi connectivity index (χ1n) is 5.48. The van der Waals surface area contributed by atoms with Crippen molar-refractivity contribution in [1.29, 1.82) is 0 Å². The van der Waals surface area contributed by atoms with E-state index >= 15 is 0 Å². The summed E-state index contributed by atoms with van der Waals surface area (Å²) in [6.45, 7) is 1.52. The van der Waals surface area contributed by atoms with Gasteiger partial charge in [-0.15, -0.1) is 0 Å². The molecule has 0 bridgehead atoms. The van der Waals surface area contributed by atoms with E-state index in [2.05, 4.69) is 0 Å². The van der Waals surface area contributed by atoms with E-state index in [0.717, 1.165) is 0 Å². The van der Waals surface area contributed by atoms with Gasteiger partial charge in [0.25, 0.3) is 5.69 Å². The molecule has 19 heavy (non-hydrogen) atoms. The maximum atomic E-state index is 12.3. The van der Waals surface area contributed by atoms with Gasteiger partial charge in [-0.1, -0.05) is 18.2 Å². The molecule has 0 aliphatic carbocycles. The molecule has 98 valence electrons. The molecule has 0 spiro atoms. The zero-order valence-electron chi connectivity index (χ0n) is 10.1. The number of nitro groups is 1. The molecule has 0 radical (unpaired) electrons. The van der Waals surface area contributed by atoms with Gasteiger partial charge in [0.2, 0.25) is 9.84 Å². The SMILES string of the molecule is Cc1cc(S(=O)(=O)c2ccccc2)ccc1[N+](=O)[O-]. The van der Waals surface area contributed by atoms with E-state index in [1.165, 1.54) is 37.3 Å². The molecule has 0 aliphatic rings. The minimum absolute atomic E-state index is 0.0572. The predicted molar refractivity (Wildman–Crippen MR) is 69.7 cm³/mol. The first kappa shape index (κ1) is 13.2. The number of benzene rings is 2. The second-order valence-electron chi connectivity index (χ2n) is 4.02. The van der Waals surface area contributed by atoms with Crippen LogP contribution in [-0.4, -0.2) is 13.3 Å². The van der Waals surface area contributed by atoms with E-state index in [0.29, 0.717) is 5.56 Å². The summed E-state index contributed by atoms with van der Waals surface area (Å²) >= 11 is 0. The smallest absolute Gasteiger partial charge is 0.258 e. The van der Waals surface area contributed by atoms with Gasteiger partial charge in [0.15, 0.2) is 0 Å². The van der Waals surface area contributed by atoms with Gasteiger partial charge in [0.05, 0.1) is 14.7 Å². The van der Waals surface area contributed by atoms with Gasteiger partial charge in [-0.05, 0) is 31.2 Å². The normalized spacial score (nSPS) is 11.2. The Balaban J connectivity index is 2.54. The van der Waals surface area contributed by atoms with Crippen molar-refractivity contribution in [3.05, 3.63) is 64.2 Å². The standard InChI is InChI=1S/C13H11NO4S/c1-10-9-12(7-8-13(10)14(15)16)19(17,18)11-5-3-2-4-6-11/h2-9H,1H3. The lowest BCUT2D eigenvalue weighted by Crippen LogP contribution is -2.03. The molecule has 0 saturated heterocycles. The van der Waals surface area contributed by atoms with E-state index in [4.69, 9.17) is 0 Å². The minimum atomic E-state index is -3.63. The van der Waals surface area contributed by atoms with Gasteiger partial charge in [0, 0.05) is 11.6 Å². The summed E-state index contributed by atoms with van der Waals surface area (Å²) in [7, 11) is -3.63. The molecule has 0 amide bonds. The highest BCUT2D eigenvalue weighted by Crippen LogP contribution is 2.25. The van der Waals surface area contributed by atoms with Crippen molar-refractivity contribution in [2.45, 2.75) is 16.7 Å². The van der Waals surface area contributed by atoms with Crippen LogP contribution in [0.3, 0.4) is 0 Å². The summed E-state index contributed by atoms with van der Waals surface area (Å²) in [5.41, 5.74) is 0.231. The second kappa shape index (κ2) is 4.81. The van der Waals surface area contributed by atoms with Crippen LogP contribution in [0.5, 0.6) is 0 Å². The van der Waals surface area contributed by atoms with Crippen LogP contribution in [0.4, 0.5) is 5.69 Å². The maximum Gasteiger partial charge on any atom is 0.272 e. The van der Waals surface area contributed by atoms with Crippen LogP contribution in [0.1, 0.15) is 5.56 Å². The third-order valence-electron chi connectivity index (χ3n) is 2.73. The number of aryl methyl sites for hydroxylation is 1. The second-order valence-corrected chi connectivity index (χ2v) is 5.97. The highest BCUT2D eigenvalue weighted by atomic mass is 32.2. The van der Waals surface area contributed by atoms with Crippen LogP contribution in [0.2, 0.25) is 0 Å². The third kappa shape index (κ3) is 2.48. The first-order valence-corrected chi connectivity index (χ1v) is 6.96. The van der Waals surface area contributed by atoms with Crippen molar-refractivity contribution in [1.82, 2.24) is 0 Å². The summed E-state index contributed by atoms with van der Waals surface area (Å²) in [5.74, 6) is 0. The quantitative estimate of drug-likeness (QED) is 0.638. The lowest BCUT2D eigenvalue weighted by Gasteiger charge is -2.05. The van der Waals surface area contributed by atoms with E-state index in [1.807, 2.05) is 0 Å². The molecule has 0 unspecified atom stereocenters. The number of nitrogens with zero attached hydrogens (tertiary/aromatic N) is 1. The lowest BCUT2D eigenvalue weighted by molar-refractivity contribution is -0.385. The Morgan fingerprint density at radius 1 is 1.00 bits per heavy atom. The summed E-state index contributed by atoms with van der Waals surface area (Å²) in [4.78, 5) is 10.4. The van der Waals surface area contributed by atoms with Crippen molar-refractivity contribution in [3.8, 4) is 0 Å². The number of nitro benzene ring substituents is 1. The van der Waals surface area contributed by atoms with Gasteiger partial charge in [0.1, 0.15) is 0 Å². The van der Waals surface area contributed by atoms with Gasteiger partial charge >= 0.3 is 0 Å². The molecule has 0 aromatic heterocycles. The van der Waals surface area contributed by atoms with Gasteiger partial charge in [-0.3, -0.25) is 10.1 Å². The van der Waals surface area contributed by atoms with Crippen LogP contribution in [0, 0.1) is 17.0 Å². The number of hydrogen-bond donors (Lipinski definition) is 0. The highest BCUT2D eigenvalue weighted by molar-refractivity contribution is 7.91. The van der Waals surface area contributed by atoms with Crippen molar-refractivity contribution >= 4 is 15.5 Å². The Kier molecular flexibility index (Phi) is 3.35. The Bertz CT molecular complexity index is 724. The molecule has 0 fully saturated rings. The monoisotopic (exact) mass is 277 g/mol. The highest BCUT2D eigenvalue weighted by Gasteiger charge is 2.20. The molecular weight excluding hydrogens is 266 g/mol. The van der Waals surface area contributed by atoms with Gasteiger partial charge in [-0.25, -0.2) is 8.42 Å². The Morgan fingerprint density at radius 2 is 1.63 bits per heavy atom. The molecular formula is C13H11NO4S. The summed E-state index contributed by atoms with van der Waals surface area (Å²) in [6, 6.07) is 11.8. The Morgan fingerprint density at radius 3 is 2.16 bits per heavy atom. The van der Waals surface area contributed by atoms with Crippen molar-refractivity contribution in [2.24, 2.45) is 0 Å². The van der Waals surface area contributed by atoms with E-state index in [9.17, 15) is 18.5 Å². The molecule has 0 atom stereocenters. The fraction of sp³-hybridized carbons (Fsp3) is 0.0769. The molecule has 5 nitrogen and oxygen atoms in total. The average Bonchev–Trinajstić information content (AvgIpc) is 2.39. The van der Waals surface area contributed by atoms with Crippen LogP contribution in [0.15, 0.2) is 58.3 Å². The molecule has 0 heterocycles. The number of rotatable bonds is 3. The first-order chi connectivity index (χ1) is 8.93. The molecule has 2 aromatic carbocycles. The van der Waals surface area contributed by atoms with Crippen molar-refractivity contribution < 1.29 is 13.3 Å². The average molecular weight is 277 g/mol. The molecule has 0 N–H and O–H groups in total. The third-order valence-corrected chi connectivity index (χ3v) is 4.50. The van der Waals surface area contributed by atoms with Crippen molar-refractivity contribution in [3.63, 3.8) is 0 Å². The van der Waals surface area contributed by atoms with Crippen LogP contribution in [0.25, 0.3) is 0 Å². The topological polar surface area (TPSA) is 77.3 Å². The summed E-state index contributed by atoms with van der Waals surface area (Å²) in [5, 5.41) is 10.7. The predicted octanol–water partition coefficient (Wildman–Crippen LogP) is 2.74. The van der Waals surface area contributed by atoms with Gasteiger partial charge < -0.3 is 0 Å². The fourth-order valence-corrected chi connectivity index (χ4v) is 3.10. The fourth-order valence-electron chi connectivity index (χ4n) is 1.74. The molecule has 0 aliphatic heterocycles. The number of hydrogen-bond acceptors (Lipinski definition) is 4. The minimum Gasteiger partial charge on any atom is -0.258 e. The maximum absolute atomic E-state index is 12.3. The molecule has 2 rings (SSSR count). The number of sulfone groups is 1. The molecule has 0 saturated carbocycles. The van der Waals surface area contributed by atoms with E-state index < -0.39 is 14.8 Å². The summed E-state index contributed by atoms with van der Waals surface area (Å²) < 4.78 is 24.6. The zero-order chi connectivity index (χ0) is 14.0. The van der Waals surface area contributed by atoms with Crippen molar-refractivity contribution in [2.75, 3.05) is 0 Å². The van der Waals surface area contributed by atoms with E-state index in [1.54, 1.807) is 18.2 Å². The largest absolute Gasteiger partial charge is 0.272 e. The zero-order valence-corrected chi connectivity index (χ0v) is 10.9. The Labute approximate surface area is 110 Å². The van der Waals surface area contributed by atoms with Crippen LogP contribution >= 0.6 is 0 Å². The van der Waals surface area contributed by atoms with Gasteiger partial charge in [-0.2, -0.15) is 0 Å². The van der Waals surface area contributed by atoms with Crippen LogP contribution in [-0.2, 0) is 9.84 Å².